The summed E-state index contributed by atoms with van der Waals surface area (Å²) in [6.45, 7) is 2.01. The summed E-state index contributed by atoms with van der Waals surface area (Å²) in [5.74, 6) is 1.10. The number of nitrogens with zero attached hydrogens (tertiary/aromatic N) is 2. The molecule has 0 radical (unpaired) electrons. The summed E-state index contributed by atoms with van der Waals surface area (Å²) < 4.78 is 11.9. The van der Waals surface area contributed by atoms with Gasteiger partial charge in [-0.1, -0.05) is 11.6 Å². The third-order valence-electron chi connectivity index (χ3n) is 2.59. The molecule has 16 heavy (non-hydrogen) atoms. The van der Waals surface area contributed by atoms with Gasteiger partial charge in [0.05, 0.1) is 28.2 Å². The SMILES string of the molecule is O=[S@@](C[C@@H]1CCCNC1)c1ncc(Cl)cn1. The van der Waals surface area contributed by atoms with Crippen LogP contribution in [0.25, 0.3) is 0 Å². The molecule has 1 aromatic heterocycles. The molecule has 2 heterocycles. The zero-order valence-electron chi connectivity index (χ0n) is 8.86. The fraction of sp³-hybridized carbons (Fsp3) is 0.600. The van der Waals surface area contributed by atoms with Crippen LogP contribution in [0.2, 0.25) is 5.02 Å². The van der Waals surface area contributed by atoms with Gasteiger partial charge in [-0.3, -0.25) is 4.21 Å². The highest BCUT2D eigenvalue weighted by atomic mass is 35.5. The van der Waals surface area contributed by atoms with E-state index in [1.165, 1.54) is 12.4 Å². The number of piperidine rings is 1. The van der Waals surface area contributed by atoms with Gasteiger partial charge < -0.3 is 5.32 Å². The second-order valence-corrected chi connectivity index (χ2v) is 5.73. The third-order valence-corrected chi connectivity index (χ3v) is 4.17. The molecule has 0 bridgehead atoms. The van der Waals surface area contributed by atoms with E-state index in [1.807, 2.05) is 0 Å². The van der Waals surface area contributed by atoms with Crippen molar-refractivity contribution in [2.24, 2.45) is 5.92 Å². The van der Waals surface area contributed by atoms with Gasteiger partial charge in [0.2, 0.25) is 5.16 Å². The summed E-state index contributed by atoms with van der Waals surface area (Å²) in [7, 11) is -1.11. The largest absolute Gasteiger partial charge is 0.316 e. The van der Waals surface area contributed by atoms with E-state index in [1.54, 1.807) is 0 Å². The van der Waals surface area contributed by atoms with Gasteiger partial charge in [-0.05, 0) is 31.8 Å². The van der Waals surface area contributed by atoms with Gasteiger partial charge in [0, 0.05) is 5.75 Å². The van der Waals surface area contributed by atoms with E-state index < -0.39 is 10.8 Å². The minimum absolute atomic E-state index is 0.384. The molecule has 0 amide bonds. The summed E-state index contributed by atoms with van der Waals surface area (Å²) >= 11 is 5.67. The van der Waals surface area contributed by atoms with Gasteiger partial charge in [0.15, 0.2) is 0 Å². The van der Waals surface area contributed by atoms with E-state index in [0.717, 1.165) is 25.9 Å². The summed E-state index contributed by atoms with van der Waals surface area (Å²) in [6, 6.07) is 0. The van der Waals surface area contributed by atoms with Crippen LogP contribution in [-0.2, 0) is 10.8 Å². The topological polar surface area (TPSA) is 54.9 Å². The van der Waals surface area contributed by atoms with Crippen LogP contribution in [0, 0.1) is 5.92 Å². The maximum absolute atomic E-state index is 11.9. The van der Waals surface area contributed by atoms with Gasteiger partial charge in [-0.15, -0.1) is 0 Å². The number of nitrogens with one attached hydrogen (secondary N) is 1. The van der Waals surface area contributed by atoms with Crippen molar-refractivity contribution in [2.75, 3.05) is 18.8 Å². The van der Waals surface area contributed by atoms with Crippen LogP contribution in [0.1, 0.15) is 12.8 Å². The van der Waals surface area contributed by atoms with E-state index in [4.69, 9.17) is 11.6 Å². The standard InChI is InChI=1S/C10H14ClN3OS/c11-9-5-13-10(14-6-9)16(15)7-8-2-1-3-12-4-8/h5-6,8,12H,1-4,7H2/t8-,16+/m1/s1. The van der Waals surface area contributed by atoms with E-state index in [2.05, 4.69) is 15.3 Å². The van der Waals surface area contributed by atoms with Crippen molar-refractivity contribution >= 4 is 22.4 Å². The summed E-state index contributed by atoms with van der Waals surface area (Å²) in [6.07, 6.45) is 5.26. The predicted molar refractivity (Wildman–Crippen MR) is 63.9 cm³/mol. The van der Waals surface area contributed by atoms with Crippen LogP contribution < -0.4 is 5.32 Å². The molecule has 1 aliphatic heterocycles. The normalized spacial score (nSPS) is 22.9. The second kappa shape index (κ2) is 5.70. The Bertz CT molecular complexity index is 365. The average molecular weight is 260 g/mol. The minimum atomic E-state index is -1.11. The van der Waals surface area contributed by atoms with Crippen LogP contribution in [0.5, 0.6) is 0 Å². The van der Waals surface area contributed by atoms with Crippen molar-refractivity contribution < 1.29 is 4.21 Å². The Balaban J connectivity index is 1.94. The lowest BCUT2D eigenvalue weighted by Crippen LogP contribution is -2.32. The molecule has 1 N–H and O–H groups in total. The second-order valence-electron chi connectivity index (χ2n) is 3.91. The Kier molecular flexibility index (Phi) is 4.26. The first-order valence-corrected chi connectivity index (χ1v) is 7.02. The molecule has 2 rings (SSSR count). The Morgan fingerprint density at radius 3 is 2.88 bits per heavy atom. The monoisotopic (exact) mass is 259 g/mol. The van der Waals surface area contributed by atoms with Crippen molar-refractivity contribution in [1.82, 2.24) is 15.3 Å². The van der Waals surface area contributed by atoms with Gasteiger partial charge in [0.1, 0.15) is 0 Å². The van der Waals surface area contributed by atoms with Crippen LogP contribution in [0.4, 0.5) is 0 Å². The summed E-state index contributed by atoms with van der Waals surface area (Å²) in [5, 5.41) is 4.16. The molecule has 6 heteroatoms. The lowest BCUT2D eigenvalue weighted by molar-refractivity contribution is 0.407. The van der Waals surface area contributed by atoms with Gasteiger partial charge in [0.25, 0.3) is 0 Å². The Morgan fingerprint density at radius 1 is 1.50 bits per heavy atom. The first kappa shape index (κ1) is 12.0. The maximum Gasteiger partial charge on any atom is 0.218 e. The van der Waals surface area contributed by atoms with Crippen LogP contribution in [0.3, 0.4) is 0 Å². The fourth-order valence-electron chi connectivity index (χ4n) is 1.77. The Morgan fingerprint density at radius 2 is 2.25 bits per heavy atom. The van der Waals surface area contributed by atoms with Crippen molar-refractivity contribution in [3.05, 3.63) is 17.4 Å². The molecule has 4 nitrogen and oxygen atoms in total. The average Bonchev–Trinajstić information content (AvgIpc) is 2.31. The molecular formula is C10H14ClN3OS. The Hall–Kier alpha value is -0.520. The lowest BCUT2D eigenvalue weighted by atomic mass is 10.0. The molecule has 1 saturated heterocycles. The maximum atomic E-state index is 11.9. The van der Waals surface area contributed by atoms with Gasteiger partial charge in [-0.25, -0.2) is 9.97 Å². The van der Waals surface area contributed by atoms with Crippen molar-refractivity contribution in [1.29, 1.82) is 0 Å². The van der Waals surface area contributed by atoms with Crippen LogP contribution in [0.15, 0.2) is 17.6 Å². The van der Waals surface area contributed by atoms with E-state index >= 15 is 0 Å². The predicted octanol–water partition coefficient (Wildman–Crippen LogP) is 1.24. The molecule has 0 spiro atoms. The smallest absolute Gasteiger partial charge is 0.218 e. The molecule has 0 unspecified atom stereocenters. The van der Waals surface area contributed by atoms with Crippen LogP contribution in [-0.4, -0.2) is 33.0 Å². The van der Waals surface area contributed by atoms with Crippen molar-refractivity contribution in [2.45, 2.75) is 18.0 Å². The van der Waals surface area contributed by atoms with Gasteiger partial charge >= 0.3 is 0 Å². The highest BCUT2D eigenvalue weighted by Crippen LogP contribution is 2.14. The molecule has 1 aromatic rings. The summed E-state index contributed by atoms with van der Waals surface area (Å²) in [4.78, 5) is 7.96. The third kappa shape index (κ3) is 3.23. The van der Waals surface area contributed by atoms with Crippen molar-refractivity contribution in [3.8, 4) is 0 Å². The van der Waals surface area contributed by atoms with Crippen molar-refractivity contribution in [3.63, 3.8) is 0 Å². The molecule has 0 aromatic carbocycles. The fourth-order valence-corrected chi connectivity index (χ4v) is 3.07. The van der Waals surface area contributed by atoms with E-state index in [9.17, 15) is 4.21 Å². The first-order valence-electron chi connectivity index (χ1n) is 5.32. The number of aromatic nitrogens is 2. The number of halogens is 1. The first-order chi connectivity index (χ1) is 7.75. The molecular weight excluding hydrogens is 246 g/mol. The number of hydrogen-bond donors (Lipinski definition) is 1. The molecule has 88 valence electrons. The molecule has 0 saturated carbocycles. The minimum Gasteiger partial charge on any atom is -0.316 e. The molecule has 0 aliphatic carbocycles. The zero-order valence-corrected chi connectivity index (χ0v) is 10.4. The molecule has 1 aliphatic rings. The van der Waals surface area contributed by atoms with E-state index in [-0.39, 0.29) is 0 Å². The Labute approximate surface area is 102 Å². The molecule has 1 fully saturated rings. The lowest BCUT2D eigenvalue weighted by Gasteiger charge is -2.21. The highest BCUT2D eigenvalue weighted by molar-refractivity contribution is 7.84. The zero-order chi connectivity index (χ0) is 11.4. The summed E-state index contributed by atoms with van der Waals surface area (Å²) in [5.41, 5.74) is 0. The van der Waals surface area contributed by atoms with Gasteiger partial charge in [-0.2, -0.15) is 0 Å². The quantitative estimate of drug-likeness (QED) is 0.830. The van der Waals surface area contributed by atoms with E-state index in [0.29, 0.717) is 21.8 Å². The number of rotatable bonds is 3. The van der Waals surface area contributed by atoms with Crippen LogP contribution >= 0.6 is 11.6 Å². The molecule has 2 atom stereocenters. The number of hydrogen-bond acceptors (Lipinski definition) is 4. The highest BCUT2D eigenvalue weighted by Gasteiger charge is 2.18.